The highest BCUT2D eigenvalue weighted by atomic mass is 127. The molecule has 19 heavy (non-hydrogen) atoms. The number of aromatic nitrogens is 2. The molecule has 1 aromatic carbocycles. The number of thioether (sulfide) groups is 1. The average Bonchev–Trinajstić information content (AvgIpc) is 2.84. The van der Waals surface area contributed by atoms with E-state index in [-0.39, 0.29) is 5.91 Å². The van der Waals surface area contributed by atoms with Gasteiger partial charge in [-0.25, -0.2) is 0 Å². The molecule has 0 aliphatic heterocycles. The van der Waals surface area contributed by atoms with Crippen LogP contribution in [0.1, 0.15) is 10.4 Å². The van der Waals surface area contributed by atoms with Crippen LogP contribution in [0.15, 0.2) is 41.3 Å². The largest absolute Gasteiger partial charge is 0.296 e. The first-order valence-electron chi connectivity index (χ1n) is 5.34. The second kappa shape index (κ2) is 7.01. The second-order valence-electron chi connectivity index (χ2n) is 3.41. The summed E-state index contributed by atoms with van der Waals surface area (Å²) in [6.45, 7) is 3.65. The molecule has 0 radical (unpaired) electrons. The Morgan fingerprint density at radius 2 is 2.26 bits per heavy atom. The standard InChI is InChI=1S/C12H10IN3OS2/c1-2-7-18-12-16-15-11(19-12)14-10(17)8-5-3-4-6-9(8)13/h2-6H,1,7H2,(H,14,15,17). The van der Waals surface area contributed by atoms with Crippen molar-refractivity contribution in [3.05, 3.63) is 46.1 Å². The van der Waals surface area contributed by atoms with Gasteiger partial charge in [-0.15, -0.1) is 16.8 Å². The first-order chi connectivity index (χ1) is 9.20. The molecule has 0 saturated carbocycles. The van der Waals surface area contributed by atoms with Crippen molar-refractivity contribution in [3.8, 4) is 0 Å². The zero-order valence-corrected chi connectivity index (χ0v) is 13.6. The molecular weight excluding hydrogens is 393 g/mol. The van der Waals surface area contributed by atoms with Gasteiger partial charge < -0.3 is 0 Å². The fraction of sp³-hybridized carbons (Fsp3) is 0.0833. The Morgan fingerprint density at radius 1 is 1.47 bits per heavy atom. The van der Waals surface area contributed by atoms with Crippen LogP contribution in [0.5, 0.6) is 0 Å². The molecule has 0 saturated heterocycles. The highest BCUT2D eigenvalue weighted by Gasteiger charge is 2.12. The molecular formula is C12H10IN3OS2. The summed E-state index contributed by atoms with van der Waals surface area (Å²) in [7, 11) is 0. The van der Waals surface area contributed by atoms with E-state index >= 15 is 0 Å². The van der Waals surface area contributed by atoms with Gasteiger partial charge >= 0.3 is 0 Å². The molecule has 0 fully saturated rings. The molecule has 0 aliphatic carbocycles. The maximum absolute atomic E-state index is 12.1. The smallest absolute Gasteiger partial charge is 0.258 e. The molecule has 98 valence electrons. The molecule has 0 unspecified atom stereocenters. The summed E-state index contributed by atoms with van der Waals surface area (Å²) in [6, 6.07) is 7.41. The van der Waals surface area contributed by atoms with Gasteiger partial charge in [0.1, 0.15) is 0 Å². The van der Waals surface area contributed by atoms with Crippen LogP contribution in [-0.2, 0) is 0 Å². The highest BCUT2D eigenvalue weighted by Crippen LogP contribution is 2.25. The van der Waals surface area contributed by atoms with Crippen molar-refractivity contribution in [3.63, 3.8) is 0 Å². The fourth-order valence-electron chi connectivity index (χ4n) is 1.26. The minimum Gasteiger partial charge on any atom is -0.296 e. The van der Waals surface area contributed by atoms with E-state index in [4.69, 9.17) is 0 Å². The number of anilines is 1. The van der Waals surface area contributed by atoms with E-state index in [9.17, 15) is 4.79 Å². The van der Waals surface area contributed by atoms with Gasteiger partial charge in [0.05, 0.1) is 5.56 Å². The number of benzene rings is 1. The summed E-state index contributed by atoms with van der Waals surface area (Å²) < 4.78 is 1.72. The van der Waals surface area contributed by atoms with Gasteiger partial charge in [-0.2, -0.15) is 0 Å². The lowest BCUT2D eigenvalue weighted by atomic mass is 10.2. The van der Waals surface area contributed by atoms with E-state index in [0.29, 0.717) is 10.7 Å². The van der Waals surface area contributed by atoms with E-state index in [1.165, 1.54) is 11.3 Å². The number of amides is 1. The van der Waals surface area contributed by atoms with E-state index < -0.39 is 0 Å². The van der Waals surface area contributed by atoms with Gasteiger partial charge in [-0.3, -0.25) is 10.1 Å². The van der Waals surface area contributed by atoms with Crippen molar-refractivity contribution < 1.29 is 4.79 Å². The SMILES string of the molecule is C=CCSc1nnc(NC(=O)c2ccccc2I)s1. The first-order valence-corrected chi connectivity index (χ1v) is 8.22. The summed E-state index contributed by atoms with van der Waals surface area (Å²) >= 11 is 5.03. The van der Waals surface area contributed by atoms with Gasteiger partial charge in [0.15, 0.2) is 4.34 Å². The van der Waals surface area contributed by atoms with Crippen molar-refractivity contribution in [1.82, 2.24) is 10.2 Å². The molecule has 0 atom stereocenters. The summed E-state index contributed by atoms with van der Waals surface area (Å²) in [5, 5.41) is 11.2. The van der Waals surface area contributed by atoms with E-state index in [1.54, 1.807) is 23.9 Å². The Morgan fingerprint density at radius 3 is 3.00 bits per heavy atom. The van der Waals surface area contributed by atoms with Gasteiger partial charge in [0, 0.05) is 9.32 Å². The lowest BCUT2D eigenvalue weighted by molar-refractivity contribution is 0.102. The van der Waals surface area contributed by atoms with Crippen LogP contribution in [0.4, 0.5) is 5.13 Å². The number of carbonyl (C=O) groups excluding carboxylic acids is 1. The zero-order valence-electron chi connectivity index (χ0n) is 9.80. The van der Waals surface area contributed by atoms with Crippen molar-refractivity contribution in [1.29, 1.82) is 0 Å². The summed E-state index contributed by atoms with van der Waals surface area (Å²) in [5.74, 6) is 0.612. The van der Waals surface area contributed by atoms with Crippen LogP contribution in [0.3, 0.4) is 0 Å². The molecule has 1 amide bonds. The summed E-state index contributed by atoms with van der Waals surface area (Å²) in [6.07, 6.45) is 1.80. The fourth-order valence-corrected chi connectivity index (χ4v) is 3.40. The van der Waals surface area contributed by atoms with Crippen molar-refractivity contribution in [2.24, 2.45) is 0 Å². The van der Waals surface area contributed by atoms with Crippen LogP contribution in [0.25, 0.3) is 0 Å². The molecule has 0 aliphatic rings. The van der Waals surface area contributed by atoms with E-state index in [0.717, 1.165) is 13.7 Å². The Kier molecular flexibility index (Phi) is 5.34. The van der Waals surface area contributed by atoms with Crippen molar-refractivity contribution in [2.45, 2.75) is 4.34 Å². The van der Waals surface area contributed by atoms with Crippen molar-refractivity contribution in [2.75, 3.05) is 11.1 Å². The maximum atomic E-state index is 12.1. The highest BCUT2D eigenvalue weighted by molar-refractivity contribution is 14.1. The quantitative estimate of drug-likeness (QED) is 0.358. The Bertz CT molecular complexity index is 600. The molecule has 7 heteroatoms. The van der Waals surface area contributed by atoms with Crippen LogP contribution < -0.4 is 5.32 Å². The molecule has 0 spiro atoms. The van der Waals surface area contributed by atoms with Gasteiger partial charge in [0.25, 0.3) is 5.91 Å². The van der Waals surface area contributed by atoms with E-state index in [2.05, 4.69) is 44.7 Å². The Labute approximate surface area is 132 Å². The molecule has 2 rings (SSSR count). The maximum Gasteiger partial charge on any atom is 0.258 e. The number of nitrogens with zero attached hydrogens (tertiary/aromatic N) is 2. The number of hydrogen-bond acceptors (Lipinski definition) is 5. The minimum absolute atomic E-state index is 0.165. The molecule has 0 bridgehead atoms. The molecule has 1 heterocycles. The third-order valence-corrected chi connectivity index (χ3v) is 4.98. The molecule has 1 N–H and O–H groups in total. The normalized spacial score (nSPS) is 10.2. The average molecular weight is 403 g/mol. The van der Waals surface area contributed by atoms with Gasteiger partial charge in [-0.05, 0) is 34.7 Å². The summed E-state index contributed by atoms with van der Waals surface area (Å²) in [5.41, 5.74) is 0.638. The topological polar surface area (TPSA) is 54.9 Å². The second-order valence-corrected chi connectivity index (χ2v) is 6.81. The predicted molar refractivity (Wildman–Crippen MR) is 87.9 cm³/mol. The predicted octanol–water partition coefficient (Wildman–Crippen LogP) is 3.67. The Balaban J connectivity index is 2.05. The van der Waals surface area contributed by atoms with Crippen LogP contribution in [0, 0.1) is 3.57 Å². The Hall–Kier alpha value is -0.930. The minimum atomic E-state index is -0.165. The van der Waals surface area contributed by atoms with Crippen LogP contribution in [0.2, 0.25) is 0 Å². The van der Waals surface area contributed by atoms with E-state index in [1.807, 2.05) is 18.2 Å². The molecule has 1 aromatic heterocycles. The number of rotatable bonds is 5. The monoisotopic (exact) mass is 403 g/mol. The molecule has 2 aromatic rings. The number of halogens is 1. The van der Waals surface area contributed by atoms with Gasteiger partial charge in [-0.1, -0.05) is 41.3 Å². The van der Waals surface area contributed by atoms with Gasteiger partial charge in [0.2, 0.25) is 5.13 Å². The third kappa shape index (κ3) is 4.02. The third-order valence-electron chi connectivity index (χ3n) is 2.07. The number of hydrogen-bond donors (Lipinski definition) is 1. The van der Waals surface area contributed by atoms with Crippen LogP contribution in [-0.4, -0.2) is 21.9 Å². The lowest BCUT2D eigenvalue weighted by Gasteiger charge is -2.02. The van der Waals surface area contributed by atoms with Crippen molar-refractivity contribution >= 4 is 56.7 Å². The van der Waals surface area contributed by atoms with Crippen LogP contribution >= 0.6 is 45.7 Å². The number of carbonyl (C=O) groups is 1. The molecule has 4 nitrogen and oxygen atoms in total. The number of nitrogens with one attached hydrogen (secondary N) is 1. The lowest BCUT2D eigenvalue weighted by Crippen LogP contribution is -2.13. The zero-order chi connectivity index (χ0) is 13.7. The first kappa shape index (κ1) is 14.5. The summed E-state index contributed by atoms with van der Waals surface area (Å²) in [4.78, 5) is 12.1.